The Hall–Kier alpha value is -1.29. The number of ether oxygens (including phenoxy) is 1. The van der Waals surface area contributed by atoms with Gasteiger partial charge in [0.15, 0.2) is 0 Å². The summed E-state index contributed by atoms with van der Waals surface area (Å²) in [4.78, 5) is 4.45. The summed E-state index contributed by atoms with van der Waals surface area (Å²) in [6.45, 7) is 2.95. The second-order valence-corrected chi connectivity index (χ2v) is 4.21. The predicted molar refractivity (Wildman–Crippen MR) is 65.8 cm³/mol. The van der Waals surface area contributed by atoms with Crippen molar-refractivity contribution in [3.63, 3.8) is 0 Å². The first-order valence-corrected chi connectivity index (χ1v) is 5.81. The van der Waals surface area contributed by atoms with Crippen LogP contribution >= 0.6 is 0 Å². The minimum absolute atomic E-state index is 0.346. The number of nitrogens with one attached hydrogen (secondary N) is 2. The Labute approximate surface area is 96.4 Å². The second-order valence-electron chi connectivity index (χ2n) is 4.21. The number of hydrogen-bond acceptors (Lipinski definition) is 4. The molecule has 1 fully saturated rings. The van der Waals surface area contributed by atoms with Gasteiger partial charge >= 0.3 is 0 Å². The van der Waals surface area contributed by atoms with Crippen LogP contribution in [0, 0.1) is 0 Å². The zero-order chi connectivity index (χ0) is 11.4. The van der Waals surface area contributed by atoms with Crippen LogP contribution in [0.5, 0.6) is 0 Å². The summed E-state index contributed by atoms with van der Waals surface area (Å²) in [7, 11) is 1.88. The summed E-state index contributed by atoms with van der Waals surface area (Å²) in [5.74, 6) is 1.83. The SMILES string of the molecule is CNc1cccc(NC2CCOC(C)C2)n1. The molecule has 2 N–H and O–H groups in total. The lowest BCUT2D eigenvalue weighted by atomic mass is 10.0. The Kier molecular flexibility index (Phi) is 3.62. The Morgan fingerprint density at radius 1 is 1.38 bits per heavy atom. The molecule has 88 valence electrons. The molecule has 16 heavy (non-hydrogen) atoms. The van der Waals surface area contributed by atoms with Crippen molar-refractivity contribution in [3.8, 4) is 0 Å². The van der Waals surface area contributed by atoms with Crippen molar-refractivity contribution in [3.05, 3.63) is 18.2 Å². The number of rotatable bonds is 3. The highest BCUT2D eigenvalue weighted by atomic mass is 16.5. The molecule has 0 aromatic carbocycles. The molecule has 2 atom stereocenters. The summed E-state index contributed by atoms with van der Waals surface area (Å²) in [5, 5.41) is 6.49. The molecule has 2 heterocycles. The van der Waals surface area contributed by atoms with Crippen LogP contribution in [0.1, 0.15) is 19.8 Å². The smallest absolute Gasteiger partial charge is 0.128 e. The zero-order valence-corrected chi connectivity index (χ0v) is 9.86. The number of hydrogen-bond donors (Lipinski definition) is 2. The monoisotopic (exact) mass is 221 g/mol. The van der Waals surface area contributed by atoms with E-state index in [9.17, 15) is 0 Å². The molecule has 4 nitrogen and oxygen atoms in total. The molecule has 0 spiro atoms. The quantitative estimate of drug-likeness (QED) is 0.820. The van der Waals surface area contributed by atoms with Gasteiger partial charge in [0.05, 0.1) is 6.10 Å². The van der Waals surface area contributed by atoms with Gasteiger partial charge in [0.1, 0.15) is 11.6 Å². The van der Waals surface area contributed by atoms with Gasteiger partial charge < -0.3 is 15.4 Å². The van der Waals surface area contributed by atoms with Crippen molar-refractivity contribution < 1.29 is 4.74 Å². The normalized spacial score (nSPS) is 25.1. The van der Waals surface area contributed by atoms with Gasteiger partial charge in [-0.15, -0.1) is 0 Å². The average Bonchev–Trinajstić information content (AvgIpc) is 2.29. The van der Waals surface area contributed by atoms with Gasteiger partial charge in [-0.1, -0.05) is 6.07 Å². The van der Waals surface area contributed by atoms with Gasteiger partial charge in [-0.05, 0) is 31.9 Å². The van der Waals surface area contributed by atoms with Crippen LogP contribution in [0.2, 0.25) is 0 Å². The molecule has 1 saturated heterocycles. The first kappa shape index (κ1) is 11.2. The topological polar surface area (TPSA) is 46.2 Å². The van der Waals surface area contributed by atoms with E-state index in [4.69, 9.17) is 4.74 Å². The Morgan fingerprint density at radius 2 is 2.19 bits per heavy atom. The number of pyridine rings is 1. The zero-order valence-electron chi connectivity index (χ0n) is 9.86. The molecule has 4 heteroatoms. The Morgan fingerprint density at radius 3 is 2.94 bits per heavy atom. The maximum absolute atomic E-state index is 5.52. The standard InChI is InChI=1S/C12H19N3O/c1-9-8-10(6-7-16-9)14-12-5-3-4-11(13-2)15-12/h3-5,9-10H,6-8H2,1-2H3,(H2,13,14,15). The highest BCUT2D eigenvalue weighted by Crippen LogP contribution is 2.18. The fourth-order valence-corrected chi connectivity index (χ4v) is 1.99. The van der Waals surface area contributed by atoms with E-state index in [1.165, 1.54) is 0 Å². The van der Waals surface area contributed by atoms with E-state index in [1.54, 1.807) is 0 Å². The molecule has 0 radical (unpaired) electrons. The lowest BCUT2D eigenvalue weighted by Crippen LogP contribution is -2.32. The van der Waals surface area contributed by atoms with Crippen molar-refractivity contribution in [2.45, 2.75) is 31.9 Å². The summed E-state index contributed by atoms with van der Waals surface area (Å²) < 4.78 is 5.52. The molecule has 0 bridgehead atoms. The molecule has 0 amide bonds. The predicted octanol–water partition coefficient (Wildman–Crippen LogP) is 2.10. The van der Waals surface area contributed by atoms with E-state index in [-0.39, 0.29) is 0 Å². The van der Waals surface area contributed by atoms with E-state index in [1.807, 2.05) is 25.2 Å². The summed E-state index contributed by atoms with van der Waals surface area (Å²) >= 11 is 0. The van der Waals surface area contributed by atoms with Crippen LogP contribution in [0.25, 0.3) is 0 Å². The fourth-order valence-electron chi connectivity index (χ4n) is 1.99. The average molecular weight is 221 g/mol. The molecule has 2 rings (SSSR count). The van der Waals surface area contributed by atoms with E-state index in [0.717, 1.165) is 31.1 Å². The Balaban J connectivity index is 1.97. The van der Waals surface area contributed by atoms with Gasteiger partial charge in [-0.25, -0.2) is 4.98 Å². The van der Waals surface area contributed by atoms with E-state index >= 15 is 0 Å². The van der Waals surface area contributed by atoms with E-state index < -0.39 is 0 Å². The Bertz CT molecular complexity index is 343. The first-order valence-electron chi connectivity index (χ1n) is 5.81. The minimum Gasteiger partial charge on any atom is -0.378 e. The van der Waals surface area contributed by atoms with Crippen molar-refractivity contribution in [2.75, 3.05) is 24.3 Å². The molecular weight excluding hydrogens is 202 g/mol. The van der Waals surface area contributed by atoms with Gasteiger partial charge in [0, 0.05) is 19.7 Å². The van der Waals surface area contributed by atoms with Crippen molar-refractivity contribution in [1.29, 1.82) is 0 Å². The van der Waals surface area contributed by atoms with Gasteiger partial charge in [-0.3, -0.25) is 0 Å². The summed E-state index contributed by atoms with van der Waals surface area (Å²) in [5.41, 5.74) is 0. The third-order valence-corrected chi connectivity index (χ3v) is 2.84. The van der Waals surface area contributed by atoms with Crippen molar-refractivity contribution >= 4 is 11.6 Å². The van der Waals surface area contributed by atoms with Crippen LogP contribution < -0.4 is 10.6 Å². The second kappa shape index (κ2) is 5.16. The van der Waals surface area contributed by atoms with Crippen LogP contribution in [0.15, 0.2) is 18.2 Å². The number of aromatic nitrogens is 1. The third kappa shape index (κ3) is 2.85. The van der Waals surface area contributed by atoms with Gasteiger partial charge in [-0.2, -0.15) is 0 Å². The lowest BCUT2D eigenvalue weighted by molar-refractivity contribution is 0.0232. The molecule has 1 aromatic heterocycles. The van der Waals surface area contributed by atoms with E-state index in [2.05, 4.69) is 22.5 Å². The minimum atomic E-state index is 0.346. The fraction of sp³-hybridized carbons (Fsp3) is 0.583. The highest BCUT2D eigenvalue weighted by Gasteiger charge is 2.19. The molecule has 1 aromatic rings. The molecule has 0 aliphatic carbocycles. The number of anilines is 2. The molecule has 1 aliphatic heterocycles. The highest BCUT2D eigenvalue weighted by molar-refractivity contribution is 5.45. The first-order chi connectivity index (χ1) is 7.78. The molecule has 1 aliphatic rings. The molecule has 2 unspecified atom stereocenters. The van der Waals surface area contributed by atoms with Gasteiger partial charge in [0.2, 0.25) is 0 Å². The van der Waals surface area contributed by atoms with Crippen LogP contribution in [-0.2, 0) is 4.74 Å². The molecule has 0 saturated carbocycles. The van der Waals surface area contributed by atoms with Crippen LogP contribution in [-0.4, -0.2) is 30.8 Å². The number of nitrogens with zero attached hydrogens (tertiary/aromatic N) is 1. The van der Waals surface area contributed by atoms with Crippen LogP contribution in [0.4, 0.5) is 11.6 Å². The maximum Gasteiger partial charge on any atom is 0.128 e. The maximum atomic E-state index is 5.52. The third-order valence-electron chi connectivity index (χ3n) is 2.84. The summed E-state index contributed by atoms with van der Waals surface area (Å²) in [6, 6.07) is 6.44. The lowest BCUT2D eigenvalue weighted by Gasteiger charge is -2.28. The largest absolute Gasteiger partial charge is 0.378 e. The van der Waals surface area contributed by atoms with Crippen molar-refractivity contribution in [2.24, 2.45) is 0 Å². The molecular formula is C12H19N3O. The van der Waals surface area contributed by atoms with E-state index in [0.29, 0.717) is 12.1 Å². The van der Waals surface area contributed by atoms with Crippen molar-refractivity contribution in [1.82, 2.24) is 4.98 Å². The van der Waals surface area contributed by atoms with Gasteiger partial charge in [0.25, 0.3) is 0 Å². The van der Waals surface area contributed by atoms with Crippen LogP contribution in [0.3, 0.4) is 0 Å². The summed E-state index contributed by atoms with van der Waals surface area (Å²) in [6.07, 6.45) is 2.44.